The Morgan fingerprint density at radius 3 is 2.83 bits per heavy atom. The zero-order chi connectivity index (χ0) is 12.4. The smallest absolute Gasteiger partial charge is 0.115 e. The van der Waals surface area contributed by atoms with Gasteiger partial charge in [-0.05, 0) is 38.6 Å². The molecule has 0 aromatic rings. The summed E-state index contributed by atoms with van der Waals surface area (Å²) in [6.07, 6.45) is 4.76. The van der Waals surface area contributed by atoms with Gasteiger partial charge in [0, 0.05) is 19.0 Å². The zero-order valence-corrected chi connectivity index (χ0v) is 10.6. The van der Waals surface area contributed by atoms with Gasteiger partial charge in [-0.2, -0.15) is 5.26 Å². The van der Waals surface area contributed by atoms with E-state index in [1.54, 1.807) is 0 Å². The molecule has 4 fully saturated rings. The molecule has 6 atom stereocenters. The first-order chi connectivity index (χ1) is 8.68. The van der Waals surface area contributed by atoms with Gasteiger partial charge in [0.05, 0.1) is 23.9 Å². The van der Waals surface area contributed by atoms with Gasteiger partial charge in [0.2, 0.25) is 0 Å². The van der Waals surface area contributed by atoms with Crippen molar-refractivity contribution in [1.82, 2.24) is 4.90 Å². The Bertz CT molecular complexity index is 421. The molecule has 4 heteroatoms. The Morgan fingerprint density at radius 1 is 1.28 bits per heavy atom. The molecule has 4 bridgehead atoms. The molecule has 0 radical (unpaired) electrons. The highest BCUT2D eigenvalue weighted by molar-refractivity contribution is 5.24. The normalized spacial score (nSPS) is 57.8. The van der Waals surface area contributed by atoms with Gasteiger partial charge in [-0.25, -0.2) is 0 Å². The molecule has 4 rings (SSSR count). The van der Waals surface area contributed by atoms with Crippen LogP contribution in [0.1, 0.15) is 32.1 Å². The summed E-state index contributed by atoms with van der Waals surface area (Å²) in [5.74, 6) is 0.272. The lowest BCUT2D eigenvalue weighted by Gasteiger charge is -2.49. The minimum atomic E-state index is -0.811. The standard InChI is InChI=1S/C14H20N2O2/c15-9-13(7-11-1-2-12(13)18-11)14(17)4-6-16-5-3-10(14)8-16/h10-12,17H,1-8H2. The largest absolute Gasteiger partial charge is 0.388 e. The summed E-state index contributed by atoms with van der Waals surface area (Å²) in [5.41, 5.74) is -1.44. The minimum absolute atomic E-state index is 0.0235. The molecule has 18 heavy (non-hydrogen) atoms. The van der Waals surface area contributed by atoms with E-state index >= 15 is 0 Å². The van der Waals surface area contributed by atoms with Crippen molar-refractivity contribution in [2.45, 2.75) is 49.9 Å². The number of piperidine rings is 1. The molecule has 4 aliphatic rings. The second-order valence-electron chi connectivity index (χ2n) is 6.57. The van der Waals surface area contributed by atoms with Gasteiger partial charge in [-0.1, -0.05) is 0 Å². The van der Waals surface area contributed by atoms with Crippen molar-refractivity contribution >= 4 is 0 Å². The first kappa shape index (κ1) is 11.2. The molecule has 4 aliphatic heterocycles. The summed E-state index contributed by atoms with van der Waals surface area (Å²) in [7, 11) is 0. The maximum atomic E-state index is 11.3. The lowest BCUT2D eigenvalue weighted by molar-refractivity contribution is -0.139. The number of hydrogen-bond acceptors (Lipinski definition) is 4. The first-order valence-corrected chi connectivity index (χ1v) is 7.19. The Balaban J connectivity index is 1.74. The highest BCUT2D eigenvalue weighted by Gasteiger charge is 2.67. The van der Waals surface area contributed by atoms with Crippen LogP contribution < -0.4 is 0 Å². The van der Waals surface area contributed by atoms with Gasteiger partial charge in [0.1, 0.15) is 5.41 Å². The third-order valence-corrected chi connectivity index (χ3v) is 5.94. The zero-order valence-electron chi connectivity index (χ0n) is 10.6. The molecule has 4 nitrogen and oxygen atoms in total. The SMILES string of the molecule is N#CC1(C2(O)CCN3CCC2C3)CC2CCC1O2. The molecule has 98 valence electrons. The Kier molecular flexibility index (Phi) is 2.16. The minimum Gasteiger partial charge on any atom is -0.388 e. The summed E-state index contributed by atoms with van der Waals surface area (Å²) in [6.45, 7) is 2.99. The fourth-order valence-electron chi connectivity index (χ4n) is 4.92. The molecule has 0 aliphatic carbocycles. The highest BCUT2D eigenvalue weighted by Crippen LogP contribution is 2.58. The molecule has 6 unspecified atom stereocenters. The third kappa shape index (κ3) is 1.16. The first-order valence-electron chi connectivity index (χ1n) is 7.19. The molecule has 0 spiro atoms. The lowest BCUT2D eigenvalue weighted by Crippen LogP contribution is -2.60. The highest BCUT2D eigenvalue weighted by atomic mass is 16.5. The number of nitriles is 1. The van der Waals surface area contributed by atoms with Crippen LogP contribution in [0.15, 0.2) is 0 Å². The predicted octanol–water partition coefficient (Wildman–Crippen LogP) is 0.904. The topological polar surface area (TPSA) is 56.5 Å². The van der Waals surface area contributed by atoms with Crippen molar-refractivity contribution in [2.24, 2.45) is 11.3 Å². The fraction of sp³-hybridized carbons (Fsp3) is 0.929. The van der Waals surface area contributed by atoms with Crippen molar-refractivity contribution in [3.8, 4) is 6.07 Å². The van der Waals surface area contributed by atoms with Crippen LogP contribution in [0.2, 0.25) is 0 Å². The van der Waals surface area contributed by atoms with Gasteiger partial charge in [0.15, 0.2) is 0 Å². The second kappa shape index (κ2) is 3.47. The van der Waals surface area contributed by atoms with Crippen LogP contribution in [0.3, 0.4) is 0 Å². The van der Waals surface area contributed by atoms with Gasteiger partial charge < -0.3 is 14.7 Å². The quantitative estimate of drug-likeness (QED) is 0.749. The monoisotopic (exact) mass is 248 g/mol. The molecule has 0 aromatic carbocycles. The molecule has 0 saturated carbocycles. The summed E-state index contributed by atoms with van der Waals surface area (Å²) in [6, 6.07) is 2.51. The van der Waals surface area contributed by atoms with E-state index in [2.05, 4.69) is 11.0 Å². The summed E-state index contributed by atoms with van der Waals surface area (Å²) < 4.78 is 5.91. The van der Waals surface area contributed by atoms with E-state index in [0.717, 1.165) is 51.7 Å². The van der Waals surface area contributed by atoms with E-state index in [1.165, 1.54) is 0 Å². The van der Waals surface area contributed by atoms with E-state index in [0.29, 0.717) is 0 Å². The van der Waals surface area contributed by atoms with Crippen LogP contribution in [-0.4, -0.2) is 47.4 Å². The maximum absolute atomic E-state index is 11.3. The van der Waals surface area contributed by atoms with Crippen molar-refractivity contribution in [3.05, 3.63) is 0 Å². The van der Waals surface area contributed by atoms with Crippen LogP contribution in [0.5, 0.6) is 0 Å². The van der Waals surface area contributed by atoms with Crippen LogP contribution in [0.25, 0.3) is 0 Å². The summed E-state index contributed by atoms with van der Waals surface area (Å²) in [5, 5.41) is 21.1. The van der Waals surface area contributed by atoms with E-state index in [4.69, 9.17) is 4.74 Å². The van der Waals surface area contributed by atoms with E-state index in [9.17, 15) is 10.4 Å². The number of fused-ring (bicyclic) bond motifs is 4. The van der Waals surface area contributed by atoms with Crippen molar-refractivity contribution < 1.29 is 9.84 Å². The fourth-order valence-corrected chi connectivity index (χ4v) is 4.92. The molecule has 4 saturated heterocycles. The second-order valence-corrected chi connectivity index (χ2v) is 6.57. The summed E-state index contributed by atoms with van der Waals surface area (Å²) >= 11 is 0. The van der Waals surface area contributed by atoms with Crippen LogP contribution in [0, 0.1) is 22.7 Å². The number of rotatable bonds is 1. The Hall–Kier alpha value is -0.630. The van der Waals surface area contributed by atoms with Gasteiger partial charge in [-0.3, -0.25) is 0 Å². The van der Waals surface area contributed by atoms with Crippen molar-refractivity contribution in [1.29, 1.82) is 5.26 Å². The molecule has 4 heterocycles. The van der Waals surface area contributed by atoms with E-state index in [1.807, 2.05) is 0 Å². The van der Waals surface area contributed by atoms with Gasteiger partial charge in [-0.15, -0.1) is 0 Å². The average molecular weight is 248 g/mol. The third-order valence-electron chi connectivity index (χ3n) is 5.94. The van der Waals surface area contributed by atoms with Crippen LogP contribution >= 0.6 is 0 Å². The molecule has 0 amide bonds. The average Bonchev–Trinajstić information content (AvgIpc) is 3.09. The molecule has 1 N–H and O–H groups in total. The summed E-state index contributed by atoms with van der Waals surface area (Å²) in [4.78, 5) is 2.41. The number of ether oxygens (including phenoxy) is 1. The molecule has 0 aromatic heterocycles. The lowest BCUT2D eigenvalue weighted by atomic mass is 9.57. The Morgan fingerprint density at radius 2 is 2.17 bits per heavy atom. The Labute approximate surface area is 108 Å². The van der Waals surface area contributed by atoms with Crippen molar-refractivity contribution in [3.63, 3.8) is 0 Å². The van der Waals surface area contributed by atoms with E-state index < -0.39 is 11.0 Å². The van der Waals surface area contributed by atoms with Gasteiger partial charge >= 0.3 is 0 Å². The maximum Gasteiger partial charge on any atom is 0.115 e. The molecular weight excluding hydrogens is 228 g/mol. The van der Waals surface area contributed by atoms with Gasteiger partial charge in [0.25, 0.3) is 0 Å². The molecular formula is C14H20N2O2. The van der Waals surface area contributed by atoms with Crippen LogP contribution in [0.4, 0.5) is 0 Å². The van der Waals surface area contributed by atoms with Crippen molar-refractivity contribution in [2.75, 3.05) is 19.6 Å². The number of aliphatic hydroxyl groups is 1. The number of hydrogen-bond donors (Lipinski definition) is 1. The number of nitrogens with zero attached hydrogens (tertiary/aromatic N) is 2. The predicted molar refractivity (Wildman–Crippen MR) is 64.7 cm³/mol. The van der Waals surface area contributed by atoms with E-state index in [-0.39, 0.29) is 18.1 Å². The van der Waals surface area contributed by atoms with Crippen LogP contribution in [-0.2, 0) is 4.74 Å².